The molecule has 0 unspecified atom stereocenters. The Hall–Kier alpha value is -11.9. The normalized spacial score (nSPS) is 26.0. The molecule has 19 N–H and O–H groups in total. The van der Waals surface area contributed by atoms with Crippen LogP contribution in [0.15, 0.2) is 85.2 Å². The van der Waals surface area contributed by atoms with Gasteiger partial charge in [-0.05, 0) is 125 Å². The van der Waals surface area contributed by atoms with E-state index in [0.717, 1.165) is 14.7 Å². The number of rotatable bonds is 21. The minimum absolute atomic E-state index is 0.0136. The number of ketones is 1. The Kier molecular flexibility index (Phi) is 36.4. The minimum Gasteiger partial charge on any atom is -0.508 e. The van der Waals surface area contributed by atoms with Gasteiger partial charge >= 0.3 is 0 Å². The van der Waals surface area contributed by atoms with Gasteiger partial charge in [0.05, 0.1) is 25.1 Å². The number of amides is 15. The van der Waals surface area contributed by atoms with Crippen molar-refractivity contribution in [3.63, 3.8) is 0 Å². The second kappa shape index (κ2) is 46.2. The average molecular weight is 1740 g/mol. The maximum Gasteiger partial charge on any atom is 0.246 e. The van der Waals surface area contributed by atoms with Gasteiger partial charge in [-0.2, -0.15) is 0 Å². The lowest BCUT2D eigenvalue weighted by atomic mass is 9.90. The van der Waals surface area contributed by atoms with Gasteiger partial charge in [0.1, 0.15) is 78.3 Å². The number of unbranched alkanes of at least 4 members (excludes halogenated alkanes) is 2. The van der Waals surface area contributed by atoms with E-state index < -0.39 is 211 Å². The number of phenols is 1. The van der Waals surface area contributed by atoms with E-state index in [1.807, 2.05) is 44.2 Å². The van der Waals surface area contributed by atoms with Gasteiger partial charge in [-0.1, -0.05) is 116 Å². The Labute approximate surface area is 727 Å². The van der Waals surface area contributed by atoms with Gasteiger partial charge in [-0.25, -0.2) is 0 Å². The van der Waals surface area contributed by atoms with Crippen LogP contribution in [-0.4, -0.2) is 278 Å². The molecule has 3 saturated heterocycles. The highest BCUT2D eigenvalue weighted by atomic mass is 16.3. The number of hydrogen-bond acceptors (Lipinski definition) is 20. The zero-order chi connectivity index (χ0) is 91.8. The number of aromatic hydroxyl groups is 1. The number of nitrogens with one attached hydrogen (secondary N) is 11. The molecule has 0 spiro atoms. The van der Waals surface area contributed by atoms with Crippen LogP contribution in [-0.2, 0) is 96.0 Å². The van der Waals surface area contributed by atoms with Crippen molar-refractivity contribution in [3.05, 3.63) is 102 Å². The van der Waals surface area contributed by atoms with E-state index in [9.17, 15) is 58.2 Å². The number of phenolic OH excluding ortho intramolecular Hbond substituents is 1. The fourth-order valence-electron chi connectivity index (χ4n) is 16.3. The van der Waals surface area contributed by atoms with Crippen LogP contribution in [0.25, 0.3) is 21.8 Å². The quantitative estimate of drug-likeness (QED) is 0.0463. The Morgan fingerprint density at radius 2 is 1.03 bits per heavy atom. The molecule has 3 aliphatic rings. The van der Waals surface area contributed by atoms with Crippen molar-refractivity contribution in [2.75, 3.05) is 53.9 Å². The lowest BCUT2D eigenvalue weighted by Crippen LogP contribution is -2.61. The second-order valence-corrected chi connectivity index (χ2v) is 34.0. The summed E-state index contributed by atoms with van der Waals surface area (Å²) >= 11 is 0. The number of fused-ring (bicyclic) bond motifs is 4. The molecule has 5 heterocycles. The number of benzene rings is 3. The summed E-state index contributed by atoms with van der Waals surface area (Å²) in [4.78, 5) is 247. The van der Waals surface area contributed by atoms with Crippen LogP contribution in [0.4, 0.5) is 0 Å². The molecule has 3 fully saturated rings. The highest BCUT2D eigenvalue weighted by Crippen LogP contribution is 2.30. The summed E-state index contributed by atoms with van der Waals surface area (Å²) in [6.07, 6.45) is 2.07. The van der Waals surface area contributed by atoms with Crippen molar-refractivity contribution in [2.24, 2.45) is 35.0 Å². The third kappa shape index (κ3) is 26.6. The van der Waals surface area contributed by atoms with Crippen molar-refractivity contribution in [3.8, 4) is 5.75 Å². The standard InChI is InChI=1S/C88H127N19O18/c1-12-14-25-69-82(119)98-63(35-48(3)4)80(117)95-50(7)76(113)94-46-75(112)96-65(37-52-28-30-56(108)31-29-52)84(121)103(9)51(8)77(114)99-67(42-74(91)111)86(123)106-34-20-27-70(106)83(120)102-68(43-90)81(118)100-64(36-49(5)6)87(124)107-47-57(109)41-72(107)73(110)40-53(38-54-44-92-60-23-18-16-21-58(54)60)78(115)97-62(32-33-89)79(116)101-66(39-55-45-93-61-24-19-17-22-59(55)61)85(122)105(11)71(26-15-13-2)88(125)104(69)10/h16-19,21-24,28-31,44-45,48-51,53,57,62-72,92-93,108-109H,12-15,20,25-27,32-43,46-47,89-90H2,1-11H3,(H2,91,111)(H,94,113)(H,95,117)(H,96,112)(H,97,115)(H,98,119)(H,99,114)(H,100,118)(H,101,116)(H,102,120)/t50-,51+,53-,57-,62+,63+,64+,65+,66+,67+,68+,69+,70+,71+,72+/m1/s1. The lowest BCUT2D eigenvalue weighted by Gasteiger charge is -2.36. The Bertz CT molecular complexity index is 4670. The van der Waals surface area contributed by atoms with E-state index in [2.05, 4.69) is 57.8 Å². The van der Waals surface area contributed by atoms with Crippen LogP contribution in [0.5, 0.6) is 5.75 Å². The predicted molar refractivity (Wildman–Crippen MR) is 464 cm³/mol. The van der Waals surface area contributed by atoms with Gasteiger partial charge in [0.15, 0.2) is 5.78 Å². The molecule has 15 atom stereocenters. The number of Topliss-reactive ketones (excluding diaryl/α,β-unsaturated/α-hetero) is 1. The molecule has 0 bridgehead atoms. The van der Waals surface area contributed by atoms with E-state index in [0.29, 0.717) is 64.2 Å². The number of carbonyl (C=O) groups is 16. The average Bonchev–Trinajstić information content (AvgIpc) is 1.69. The maximum atomic E-state index is 15.7. The number of hydrogen-bond donors (Lipinski definition) is 16. The fraction of sp³-hybridized carbons (Fsp3) is 0.568. The molecule has 3 aromatic carbocycles. The van der Waals surface area contributed by atoms with E-state index in [1.165, 1.54) is 69.1 Å². The number of nitrogens with zero attached hydrogens (tertiary/aromatic N) is 5. The molecule has 37 nitrogen and oxygen atoms in total. The SMILES string of the molecule is CCCC[C@H]1C(=O)N(C)[C@@H](CCCC)C(=O)N[C@@H](CC(C)C)C(=O)N[C@H](C)C(=O)NCC(=O)N[C@@H](Cc2ccc(O)cc2)C(=O)N(C)[C@@H](C)C(=O)N[C@@H](CC(N)=O)C(=O)N2CCC[C@H]2C(=O)N[C@@H](CN)C(=O)N[C@@H](CC(C)C)C(=O)N2C[C@H](O)C[C@H]2C(=O)C[C@@H](Cc2c[nH]c3ccccc23)C(=O)N[C@@H](CCN)C(=O)N[C@@H](Cc2c[nH]c3ccccc23)C(=O)N1C. The Morgan fingerprint density at radius 3 is 1.63 bits per heavy atom. The van der Waals surface area contributed by atoms with Gasteiger partial charge in [0.25, 0.3) is 0 Å². The summed E-state index contributed by atoms with van der Waals surface area (Å²) in [7, 11) is 4.07. The number of aromatic amines is 2. The summed E-state index contributed by atoms with van der Waals surface area (Å²) in [5.74, 6) is -15.5. The number of carbonyl (C=O) groups excluding carboxylic acids is 16. The molecule has 0 aliphatic carbocycles. The first kappa shape index (κ1) is 98.6. The van der Waals surface area contributed by atoms with Crippen LogP contribution < -0.4 is 65.1 Å². The highest BCUT2D eigenvalue weighted by molar-refractivity contribution is 6.02. The van der Waals surface area contributed by atoms with Crippen LogP contribution in [0.1, 0.15) is 162 Å². The lowest BCUT2D eigenvalue weighted by molar-refractivity contribution is -0.149. The first-order valence-electron chi connectivity index (χ1n) is 43.3. The zero-order valence-corrected chi connectivity index (χ0v) is 73.3. The van der Waals surface area contributed by atoms with Crippen LogP contribution in [0.2, 0.25) is 0 Å². The summed E-state index contributed by atoms with van der Waals surface area (Å²) in [5, 5.41) is 47.0. The van der Waals surface area contributed by atoms with Gasteiger partial charge in [-0.3, -0.25) is 76.7 Å². The number of aliphatic hydroxyl groups is 1. The van der Waals surface area contributed by atoms with Gasteiger partial charge in [-0.15, -0.1) is 0 Å². The minimum atomic E-state index is -1.74. The molecule has 5 aromatic rings. The van der Waals surface area contributed by atoms with Gasteiger partial charge in [0, 0.05) is 107 Å². The molecule has 682 valence electrons. The third-order valence-electron chi connectivity index (χ3n) is 23.5. The van der Waals surface area contributed by atoms with Crippen molar-refractivity contribution >= 4 is 116 Å². The number of H-pyrrole nitrogens is 2. The van der Waals surface area contributed by atoms with Crippen molar-refractivity contribution < 1.29 is 86.9 Å². The molecule has 0 radical (unpaired) electrons. The first-order valence-corrected chi connectivity index (χ1v) is 43.3. The number of para-hydroxylation sites is 2. The fourth-order valence-corrected chi connectivity index (χ4v) is 16.3. The molecule has 15 amide bonds. The van der Waals surface area contributed by atoms with E-state index in [-0.39, 0.29) is 108 Å². The van der Waals surface area contributed by atoms with E-state index in [4.69, 9.17) is 17.2 Å². The molecule has 3 aliphatic heterocycles. The van der Waals surface area contributed by atoms with Crippen LogP contribution >= 0.6 is 0 Å². The second-order valence-electron chi connectivity index (χ2n) is 34.0. The maximum absolute atomic E-state index is 15.7. The first-order chi connectivity index (χ1) is 59.4. The topological polar surface area (TPSA) is 548 Å². The van der Waals surface area contributed by atoms with E-state index in [1.54, 1.807) is 58.3 Å². The van der Waals surface area contributed by atoms with Crippen molar-refractivity contribution in [1.82, 2.24) is 82.3 Å². The molecule has 8 rings (SSSR count). The summed E-state index contributed by atoms with van der Waals surface area (Å²) in [6.45, 7) is 11.6. The van der Waals surface area contributed by atoms with E-state index >= 15 is 28.8 Å². The molecule has 2 aromatic heterocycles. The van der Waals surface area contributed by atoms with Crippen LogP contribution in [0, 0.1) is 17.8 Å². The van der Waals surface area contributed by atoms with Crippen LogP contribution in [0.3, 0.4) is 0 Å². The number of nitrogens with two attached hydrogens (primary N) is 3. The van der Waals surface area contributed by atoms with Crippen molar-refractivity contribution in [1.29, 1.82) is 0 Å². The van der Waals surface area contributed by atoms with Gasteiger partial charge in [0.2, 0.25) is 88.6 Å². The molecule has 0 saturated carbocycles. The number of aliphatic hydroxyl groups excluding tert-OH is 1. The summed E-state index contributed by atoms with van der Waals surface area (Å²) < 4.78 is 0. The Balaban J connectivity index is 1.16. The summed E-state index contributed by atoms with van der Waals surface area (Å²) in [6, 6.07) is 1.59. The van der Waals surface area contributed by atoms with Gasteiger partial charge < -0.3 is 110 Å². The molecule has 37 heteroatoms. The Morgan fingerprint density at radius 1 is 0.512 bits per heavy atom. The largest absolute Gasteiger partial charge is 0.508 e. The third-order valence-corrected chi connectivity index (χ3v) is 23.5. The number of aromatic nitrogens is 2. The smallest absolute Gasteiger partial charge is 0.246 e. The number of likely N-dealkylation sites (N-methyl/N-ethyl adjacent to an activating group) is 3. The molecule has 125 heavy (non-hydrogen) atoms. The van der Waals surface area contributed by atoms with Crippen molar-refractivity contribution in [2.45, 2.75) is 249 Å². The predicted octanol–water partition coefficient (Wildman–Crippen LogP) is 0.0954. The molecular formula is C88H127N19O18. The summed E-state index contributed by atoms with van der Waals surface area (Å²) in [5.41, 5.74) is 21.1. The monoisotopic (exact) mass is 1740 g/mol. The zero-order valence-electron chi connectivity index (χ0n) is 73.3. The number of primary amides is 1. The highest BCUT2D eigenvalue weighted by Gasteiger charge is 2.46. The molecular weight excluding hydrogens is 1610 g/mol.